The van der Waals surface area contributed by atoms with Crippen molar-refractivity contribution in [2.75, 3.05) is 4.90 Å². The molecule has 37 heavy (non-hydrogen) atoms. The highest BCUT2D eigenvalue weighted by Crippen LogP contribution is 2.40. The van der Waals surface area contributed by atoms with Crippen molar-refractivity contribution >= 4 is 61.2 Å². The van der Waals surface area contributed by atoms with Gasteiger partial charge in [0.1, 0.15) is 0 Å². The lowest BCUT2D eigenvalue weighted by molar-refractivity contribution is 1.18. The van der Waals surface area contributed by atoms with Crippen LogP contribution in [-0.2, 0) is 0 Å². The Morgan fingerprint density at radius 3 is 1.95 bits per heavy atom. The molecule has 0 saturated heterocycles. The second kappa shape index (κ2) is 8.85. The lowest BCUT2D eigenvalue weighted by atomic mass is 10.1. The van der Waals surface area contributed by atoms with E-state index in [1.165, 1.54) is 32.6 Å². The van der Waals surface area contributed by atoms with Crippen molar-refractivity contribution in [1.82, 2.24) is 4.57 Å². The van der Waals surface area contributed by atoms with Crippen LogP contribution in [0, 0.1) is 0 Å². The lowest BCUT2D eigenvalue weighted by Gasteiger charge is -2.25. The van der Waals surface area contributed by atoms with Gasteiger partial charge in [-0.25, -0.2) is 0 Å². The number of anilines is 3. The largest absolute Gasteiger partial charge is 0.310 e. The van der Waals surface area contributed by atoms with E-state index in [1.807, 2.05) is 18.2 Å². The third-order valence-electron chi connectivity index (χ3n) is 7.00. The summed E-state index contributed by atoms with van der Waals surface area (Å²) in [6.45, 7) is 0. The molecule has 0 fully saturated rings. The smallest absolute Gasteiger partial charge is 0.0542 e. The summed E-state index contributed by atoms with van der Waals surface area (Å²) in [7, 11) is 0. The summed E-state index contributed by atoms with van der Waals surface area (Å²) in [4.78, 5) is 2.28. The zero-order valence-corrected chi connectivity index (χ0v) is 20.8. The Labute approximate surface area is 220 Å². The highest BCUT2D eigenvalue weighted by molar-refractivity contribution is 6.30. The average Bonchev–Trinajstić information content (AvgIpc) is 3.28. The molecule has 0 saturated carbocycles. The van der Waals surface area contributed by atoms with Gasteiger partial charge < -0.3 is 9.47 Å². The number of benzene rings is 6. The maximum atomic E-state index is 6.23. The Morgan fingerprint density at radius 2 is 1.11 bits per heavy atom. The molecule has 0 unspecified atom stereocenters. The topological polar surface area (TPSA) is 8.17 Å². The van der Waals surface area contributed by atoms with Crippen molar-refractivity contribution in [3.63, 3.8) is 0 Å². The van der Waals surface area contributed by atoms with Gasteiger partial charge in [0.2, 0.25) is 0 Å². The lowest BCUT2D eigenvalue weighted by Crippen LogP contribution is -2.09. The van der Waals surface area contributed by atoms with Gasteiger partial charge in [-0.1, -0.05) is 78.3 Å². The summed E-state index contributed by atoms with van der Waals surface area (Å²) in [5, 5.41) is 5.66. The number of nitrogens with zero attached hydrogens (tertiary/aromatic N) is 2. The third-order valence-corrected chi connectivity index (χ3v) is 7.26. The molecule has 7 aromatic rings. The molecule has 0 bridgehead atoms. The van der Waals surface area contributed by atoms with Crippen LogP contribution in [0.15, 0.2) is 140 Å². The fraction of sp³-hybridized carbons (Fsp3) is 0. The van der Waals surface area contributed by atoms with Crippen molar-refractivity contribution in [2.24, 2.45) is 0 Å². The standard InChI is InChI=1S/C34H23ClN2/c35-26-15-18-28(19-16-26)36(27-10-2-1-3-11-27)30-20-21-34-32(23-30)31-12-6-7-13-33(31)37(34)29-17-14-24-8-4-5-9-25(24)22-29/h1-23H. The first kappa shape index (κ1) is 21.7. The Morgan fingerprint density at radius 1 is 0.459 bits per heavy atom. The molecule has 0 atom stereocenters. The predicted octanol–water partition coefficient (Wildman–Crippen LogP) is 10.1. The average molecular weight is 495 g/mol. The van der Waals surface area contributed by atoms with Crippen LogP contribution in [0.5, 0.6) is 0 Å². The van der Waals surface area contributed by atoms with Gasteiger partial charge in [-0.15, -0.1) is 0 Å². The Kier molecular flexibility index (Phi) is 5.20. The molecular formula is C34H23ClN2. The summed E-state index contributed by atoms with van der Waals surface area (Å²) >= 11 is 6.23. The SMILES string of the molecule is Clc1ccc(N(c2ccccc2)c2ccc3c(c2)c2ccccc2n3-c2ccc3ccccc3c2)cc1. The van der Waals surface area contributed by atoms with Gasteiger partial charge >= 0.3 is 0 Å². The van der Waals surface area contributed by atoms with Crippen LogP contribution in [0.25, 0.3) is 38.3 Å². The van der Waals surface area contributed by atoms with E-state index < -0.39 is 0 Å². The van der Waals surface area contributed by atoms with Crippen molar-refractivity contribution in [1.29, 1.82) is 0 Å². The van der Waals surface area contributed by atoms with Gasteiger partial charge in [0, 0.05) is 38.5 Å². The van der Waals surface area contributed by atoms with Crippen molar-refractivity contribution in [2.45, 2.75) is 0 Å². The van der Waals surface area contributed by atoms with Crippen molar-refractivity contribution in [3.05, 3.63) is 145 Å². The van der Waals surface area contributed by atoms with Crippen LogP contribution in [0.3, 0.4) is 0 Å². The van der Waals surface area contributed by atoms with Gasteiger partial charge in [-0.2, -0.15) is 0 Å². The van der Waals surface area contributed by atoms with E-state index in [-0.39, 0.29) is 0 Å². The van der Waals surface area contributed by atoms with Gasteiger partial charge in [-0.3, -0.25) is 0 Å². The van der Waals surface area contributed by atoms with Crippen LogP contribution in [-0.4, -0.2) is 4.57 Å². The number of rotatable bonds is 4. The summed E-state index contributed by atoms with van der Waals surface area (Å²) in [6, 6.07) is 49.1. The van der Waals surface area contributed by atoms with Crippen molar-refractivity contribution < 1.29 is 0 Å². The highest BCUT2D eigenvalue weighted by atomic mass is 35.5. The molecule has 1 heterocycles. The molecule has 0 amide bonds. The monoisotopic (exact) mass is 494 g/mol. The summed E-state index contributed by atoms with van der Waals surface area (Å²) < 4.78 is 2.37. The number of halogens is 1. The van der Waals surface area contributed by atoms with E-state index >= 15 is 0 Å². The van der Waals surface area contributed by atoms with E-state index in [2.05, 4.69) is 131 Å². The first-order valence-corrected chi connectivity index (χ1v) is 12.8. The van der Waals surface area contributed by atoms with Gasteiger partial charge in [0.05, 0.1) is 11.0 Å². The zero-order chi connectivity index (χ0) is 24.8. The first-order chi connectivity index (χ1) is 18.3. The zero-order valence-electron chi connectivity index (χ0n) is 20.1. The summed E-state index contributed by atoms with van der Waals surface area (Å²) in [6.07, 6.45) is 0. The molecule has 0 radical (unpaired) electrons. The molecule has 0 aliphatic heterocycles. The molecule has 3 heteroatoms. The van der Waals surface area contributed by atoms with Crippen LogP contribution in [0.4, 0.5) is 17.1 Å². The Bertz CT molecular complexity index is 1890. The quantitative estimate of drug-likeness (QED) is 0.236. The van der Waals surface area contributed by atoms with E-state index in [1.54, 1.807) is 0 Å². The minimum Gasteiger partial charge on any atom is -0.310 e. The Balaban J connectivity index is 1.47. The molecule has 176 valence electrons. The molecule has 0 spiro atoms. The minimum absolute atomic E-state index is 0.727. The molecule has 1 aromatic heterocycles. The Hall–Kier alpha value is -4.53. The van der Waals surface area contributed by atoms with Crippen molar-refractivity contribution in [3.8, 4) is 5.69 Å². The van der Waals surface area contributed by atoms with E-state index in [4.69, 9.17) is 11.6 Å². The first-order valence-electron chi connectivity index (χ1n) is 12.4. The van der Waals surface area contributed by atoms with Gasteiger partial charge in [0.25, 0.3) is 0 Å². The maximum Gasteiger partial charge on any atom is 0.0542 e. The number of para-hydroxylation sites is 2. The summed E-state index contributed by atoms with van der Waals surface area (Å²) in [5.41, 5.74) is 6.81. The minimum atomic E-state index is 0.727. The molecule has 2 nitrogen and oxygen atoms in total. The van der Waals surface area contributed by atoms with Crippen LogP contribution in [0.2, 0.25) is 5.02 Å². The fourth-order valence-electron chi connectivity index (χ4n) is 5.31. The van der Waals surface area contributed by atoms with E-state index in [0.717, 1.165) is 27.8 Å². The van der Waals surface area contributed by atoms with Crippen LogP contribution >= 0.6 is 11.6 Å². The van der Waals surface area contributed by atoms with Gasteiger partial charge in [0.15, 0.2) is 0 Å². The van der Waals surface area contributed by atoms with Gasteiger partial charge in [-0.05, 0) is 83.6 Å². The fourth-order valence-corrected chi connectivity index (χ4v) is 5.43. The van der Waals surface area contributed by atoms with E-state index in [9.17, 15) is 0 Å². The predicted molar refractivity (Wildman–Crippen MR) is 158 cm³/mol. The second-order valence-corrected chi connectivity index (χ2v) is 9.67. The normalized spacial score (nSPS) is 11.4. The number of aromatic nitrogens is 1. The molecule has 0 aliphatic carbocycles. The van der Waals surface area contributed by atoms with Crippen LogP contribution in [0.1, 0.15) is 0 Å². The molecule has 6 aromatic carbocycles. The number of fused-ring (bicyclic) bond motifs is 4. The highest BCUT2D eigenvalue weighted by Gasteiger charge is 2.17. The molecule has 7 rings (SSSR count). The van der Waals surface area contributed by atoms with E-state index in [0.29, 0.717) is 0 Å². The second-order valence-electron chi connectivity index (χ2n) is 9.23. The van der Waals surface area contributed by atoms with Crippen LogP contribution < -0.4 is 4.90 Å². The number of hydrogen-bond acceptors (Lipinski definition) is 1. The molecule has 0 N–H and O–H groups in total. The number of hydrogen-bond donors (Lipinski definition) is 0. The molecule has 0 aliphatic rings. The maximum absolute atomic E-state index is 6.23. The third kappa shape index (κ3) is 3.74. The molecular weight excluding hydrogens is 472 g/mol. The summed E-state index contributed by atoms with van der Waals surface area (Å²) in [5.74, 6) is 0.